The maximum atomic E-state index is 12.7. The summed E-state index contributed by atoms with van der Waals surface area (Å²) in [5, 5.41) is 7.41. The second-order valence-corrected chi connectivity index (χ2v) is 7.46. The zero-order valence-electron chi connectivity index (χ0n) is 13.7. The molecule has 8 nitrogen and oxygen atoms in total. The quantitative estimate of drug-likeness (QED) is 0.524. The topological polar surface area (TPSA) is 113 Å². The molecule has 0 aliphatic carbocycles. The maximum absolute atomic E-state index is 12.7. The number of aromatic nitrogens is 4. The number of aryl methyl sites for hydroxylation is 1. The van der Waals surface area contributed by atoms with Crippen LogP contribution in [0.1, 0.15) is 12.0 Å². The van der Waals surface area contributed by atoms with Gasteiger partial charge in [-0.2, -0.15) is 14.6 Å². The largest absolute Gasteiger partial charge is 0.481 e. The molecular weight excluding hydrogens is 385 g/mol. The molecule has 138 valence electrons. The van der Waals surface area contributed by atoms with E-state index in [0.717, 1.165) is 0 Å². The zero-order valence-corrected chi connectivity index (χ0v) is 15.3. The SMILES string of the molecule is COc1nc(N[S+](=O)(O)c2[nH]nc3cc(Cl)ccc23)ncc1CCCF. The summed E-state index contributed by atoms with van der Waals surface area (Å²) in [4.78, 5) is 8.08. The fourth-order valence-electron chi connectivity index (χ4n) is 2.39. The van der Waals surface area contributed by atoms with E-state index in [1.165, 1.54) is 13.3 Å². The molecule has 0 radical (unpaired) electrons. The molecule has 0 saturated heterocycles. The van der Waals surface area contributed by atoms with Gasteiger partial charge in [0.25, 0.3) is 5.95 Å². The van der Waals surface area contributed by atoms with Gasteiger partial charge < -0.3 is 4.74 Å². The molecule has 11 heteroatoms. The summed E-state index contributed by atoms with van der Waals surface area (Å²) in [7, 11) is -2.36. The van der Waals surface area contributed by atoms with Gasteiger partial charge in [0.1, 0.15) is 0 Å². The molecule has 0 aliphatic heterocycles. The highest BCUT2D eigenvalue weighted by molar-refractivity contribution is 7.99. The standard InChI is InChI=1S/C15H15ClFN5O3S/c1-25-13-9(3-2-6-17)8-18-15(19-13)22-26(23,24)14-11-5-4-10(16)7-12(11)20-21-14/h4-5,7-8H,2-3,6H2,1H3,(H2-,18,19,20,21,22,23,24)/p+1. The summed E-state index contributed by atoms with van der Waals surface area (Å²) >= 11 is 5.90. The number of ether oxygens (including phenoxy) is 1. The summed E-state index contributed by atoms with van der Waals surface area (Å²) in [6.45, 7) is -0.468. The van der Waals surface area contributed by atoms with Crippen LogP contribution in [-0.2, 0) is 21.0 Å². The molecule has 3 rings (SSSR count). The van der Waals surface area contributed by atoms with E-state index in [1.54, 1.807) is 18.2 Å². The van der Waals surface area contributed by atoms with Crippen molar-refractivity contribution in [1.29, 1.82) is 0 Å². The van der Waals surface area contributed by atoms with Crippen LogP contribution in [0.15, 0.2) is 29.4 Å². The molecule has 0 bridgehead atoms. The Hall–Kier alpha value is -2.30. The van der Waals surface area contributed by atoms with Crippen molar-refractivity contribution in [3.8, 4) is 5.88 Å². The molecule has 0 aliphatic rings. The highest BCUT2D eigenvalue weighted by Gasteiger charge is 2.36. The van der Waals surface area contributed by atoms with Crippen molar-refractivity contribution in [2.24, 2.45) is 0 Å². The molecule has 0 fully saturated rings. The molecule has 2 heterocycles. The minimum atomic E-state index is -3.77. The van der Waals surface area contributed by atoms with E-state index >= 15 is 0 Å². The molecule has 2 aromatic heterocycles. The van der Waals surface area contributed by atoms with E-state index in [2.05, 4.69) is 24.9 Å². The van der Waals surface area contributed by atoms with Gasteiger partial charge in [0.15, 0.2) is 0 Å². The van der Waals surface area contributed by atoms with Crippen LogP contribution in [0.2, 0.25) is 5.02 Å². The van der Waals surface area contributed by atoms with Crippen LogP contribution in [0.25, 0.3) is 10.9 Å². The minimum Gasteiger partial charge on any atom is -0.481 e. The van der Waals surface area contributed by atoms with Crippen molar-refractivity contribution in [3.05, 3.63) is 35.0 Å². The number of anilines is 1. The first-order valence-corrected chi connectivity index (χ1v) is 9.48. The highest BCUT2D eigenvalue weighted by atomic mass is 35.5. The lowest BCUT2D eigenvalue weighted by molar-refractivity contribution is 0.389. The van der Waals surface area contributed by atoms with E-state index in [4.69, 9.17) is 16.3 Å². The number of methoxy groups -OCH3 is 1. The average molecular weight is 401 g/mol. The van der Waals surface area contributed by atoms with E-state index in [-0.39, 0.29) is 16.9 Å². The third kappa shape index (κ3) is 3.76. The molecule has 1 unspecified atom stereocenters. The number of rotatable bonds is 7. The number of halogens is 2. The van der Waals surface area contributed by atoms with Gasteiger partial charge in [0, 0.05) is 16.8 Å². The lowest BCUT2D eigenvalue weighted by atomic mass is 10.2. The average Bonchev–Trinajstić information content (AvgIpc) is 3.04. The number of alkyl halides is 1. The van der Waals surface area contributed by atoms with Crippen molar-refractivity contribution in [2.75, 3.05) is 18.5 Å². The summed E-state index contributed by atoms with van der Waals surface area (Å²) in [5.74, 6) is 0.113. The summed E-state index contributed by atoms with van der Waals surface area (Å²) in [6.07, 6.45) is 2.15. The zero-order chi connectivity index (χ0) is 18.7. The fourth-order valence-corrected chi connectivity index (χ4v) is 3.65. The fraction of sp³-hybridized carbons (Fsp3) is 0.267. The Kier molecular flexibility index (Phi) is 5.35. The summed E-state index contributed by atoms with van der Waals surface area (Å²) in [5.41, 5.74) is 1.07. The van der Waals surface area contributed by atoms with Gasteiger partial charge in [-0.25, -0.2) is 10.1 Å². The van der Waals surface area contributed by atoms with E-state index in [9.17, 15) is 13.2 Å². The number of H-pyrrole nitrogens is 1. The van der Waals surface area contributed by atoms with Crippen LogP contribution in [-0.4, -0.2) is 38.5 Å². The van der Waals surface area contributed by atoms with Gasteiger partial charge in [-0.05, 0) is 35.2 Å². The third-order valence-corrected chi connectivity index (χ3v) is 5.15. The number of benzene rings is 1. The number of fused-ring (bicyclic) bond motifs is 1. The Morgan fingerprint density at radius 2 is 2.27 bits per heavy atom. The van der Waals surface area contributed by atoms with Crippen molar-refractivity contribution < 1.29 is 17.9 Å². The lowest BCUT2D eigenvalue weighted by Crippen LogP contribution is -2.23. The molecule has 1 atom stereocenters. The minimum absolute atomic E-state index is 0.0201. The van der Waals surface area contributed by atoms with Gasteiger partial charge in [0.05, 0.1) is 24.7 Å². The lowest BCUT2D eigenvalue weighted by Gasteiger charge is -2.08. The molecule has 0 saturated carbocycles. The van der Waals surface area contributed by atoms with Crippen LogP contribution in [0.3, 0.4) is 0 Å². The van der Waals surface area contributed by atoms with E-state index in [1.807, 2.05) is 0 Å². The van der Waals surface area contributed by atoms with Crippen LogP contribution >= 0.6 is 11.6 Å². The Balaban J connectivity index is 1.90. The first kappa shape index (κ1) is 18.5. The van der Waals surface area contributed by atoms with Crippen molar-refractivity contribution in [3.63, 3.8) is 0 Å². The number of hydrogen-bond donors (Lipinski definition) is 3. The normalized spacial score (nSPS) is 13.5. The van der Waals surface area contributed by atoms with Crippen LogP contribution in [0, 0.1) is 0 Å². The second-order valence-electron chi connectivity index (χ2n) is 5.36. The van der Waals surface area contributed by atoms with Crippen LogP contribution in [0.4, 0.5) is 10.3 Å². The maximum Gasteiger partial charge on any atom is 0.368 e. The summed E-state index contributed by atoms with van der Waals surface area (Å²) < 4.78 is 43.0. The molecule has 26 heavy (non-hydrogen) atoms. The van der Waals surface area contributed by atoms with Crippen molar-refractivity contribution in [2.45, 2.75) is 17.9 Å². The third-order valence-electron chi connectivity index (χ3n) is 3.59. The van der Waals surface area contributed by atoms with Crippen LogP contribution in [0.5, 0.6) is 5.88 Å². The van der Waals surface area contributed by atoms with Gasteiger partial charge in [-0.1, -0.05) is 11.6 Å². The first-order valence-electron chi connectivity index (χ1n) is 7.58. The van der Waals surface area contributed by atoms with Crippen LogP contribution < -0.4 is 9.46 Å². The van der Waals surface area contributed by atoms with Gasteiger partial charge in [0.2, 0.25) is 5.88 Å². The van der Waals surface area contributed by atoms with Crippen molar-refractivity contribution >= 4 is 38.9 Å². The number of aromatic amines is 1. The summed E-state index contributed by atoms with van der Waals surface area (Å²) in [6, 6.07) is 4.76. The Bertz CT molecular complexity index is 983. The predicted molar refractivity (Wildman–Crippen MR) is 96.6 cm³/mol. The molecule has 3 N–H and O–H groups in total. The monoisotopic (exact) mass is 400 g/mol. The molecule has 1 aromatic carbocycles. The number of nitrogens with one attached hydrogen (secondary N) is 2. The molecule has 3 aromatic rings. The smallest absolute Gasteiger partial charge is 0.368 e. The number of nitrogens with zero attached hydrogens (tertiary/aromatic N) is 3. The van der Waals surface area contributed by atoms with Crippen molar-refractivity contribution in [1.82, 2.24) is 20.2 Å². The molecule has 0 amide bonds. The number of hydrogen-bond acceptors (Lipinski definition) is 5. The molecular formula is C15H16ClFN5O3S+. The van der Waals surface area contributed by atoms with Gasteiger partial charge in [-0.3, -0.25) is 4.39 Å². The molecule has 0 spiro atoms. The predicted octanol–water partition coefficient (Wildman–Crippen LogP) is 3.28. The highest BCUT2D eigenvalue weighted by Crippen LogP contribution is 2.27. The Labute approximate surface area is 154 Å². The first-order chi connectivity index (χ1) is 12.4. The Morgan fingerprint density at radius 3 is 3.00 bits per heavy atom. The van der Waals surface area contributed by atoms with E-state index < -0.39 is 17.1 Å². The second kappa shape index (κ2) is 7.52. The van der Waals surface area contributed by atoms with E-state index in [0.29, 0.717) is 34.3 Å². The van der Waals surface area contributed by atoms with Gasteiger partial charge >= 0.3 is 15.4 Å². The van der Waals surface area contributed by atoms with Gasteiger partial charge in [-0.15, -0.1) is 4.72 Å². The Morgan fingerprint density at radius 1 is 1.46 bits per heavy atom.